The molecule has 2 heterocycles. The van der Waals surface area contributed by atoms with E-state index < -0.39 is 17.6 Å². The predicted octanol–water partition coefficient (Wildman–Crippen LogP) is 7.31. The molecule has 0 aromatic heterocycles. The molecule has 2 aliphatic heterocycles. The number of carbonyl (C=O) groups excluding carboxylic acids is 3. The van der Waals surface area contributed by atoms with E-state index in [1.165, 1.54) is 0 Å². The molecule has 3 aromatic carbocycles. The number of benzene rings is 3. The third-order valence-electron chi connectivity index (χ3n) is 9.12. The van der Waals surface area contributed by atoms with Crippen LogP contribution in [0.5, 0.6) is 5.75 Å². The highest BCUT2D eigenvalue weighted by molar-refractivity contribution is 6.30. The van der Waals surface area contributed by atoms with Crippen molar-refractivity contribution in [2.24, 2.45) is 5.92 Å². The van der Waals surface area contributed by atoms with E-state index in [0.717, 1.165) is 35.2 Å². The number of hydrogen-bond acceptors (Lipinski definition) is 6. The van der Waals surface area contributed by atoms with Crippen LogP contribution in [-0.2, 0) is 19.1 Å². The molecule has 10 heteroatoms. The minimum atomic E-state index is -0.655. The standard InChI is InChI=1S/C38H44ClN3O6/c1-38(2,3)48-37(45)40-19-17-31(27-8-5-7-26(21-27)25-9-11-28(39)12-10-25)32(23-40)36(44)42(29-13-14-29)30-15-16-34-33(22-30)41(18-6-20-46-4)35(43)24-47-34/h5,7-12,15-16,21-22,29,31-32H,6,13-14,17-20,23-24H2,1-4H3. The number of anilines is 2. The zero-order chi connectivity index (χ0) is 34.0. The first-order valence-electron chi connectivity index (χ1n) is 16.8. The summed E-state index contributed by atoms with van der Waals surface area (Å²) in [6, 6.07) is 21.7. The number of halogens is 1. The van der Waals surface area contributed by atoms with Gasteiger partial charge in [-0.1, -0.05) is 48.0 Å². The van der Waals surface area contributed by atoms with E-state index in [1.807, 2.05) is 74.2 Å². The minimum Gasteiger partial charge on any atom is -0.482 e. The smallest absolute Gasteiger partial charge is 0.410 e. The number of carbonyl (C=O) groups is 3. The summed E-state index contributed by atoms with van der Waals surface area (Å²) in [5.74, 6) is -0.191. The lowest BCUT2D eigenvalue weighted by Gasteiger charge is -2.41. The number of rotatable bonds is 9. The molecule has 3 amide bonds. The van der Waals surface area contributed by atoms with Gasteiger partial charge in [0.25, 0.3) is 5.91 Å². The van der Waals surface area contributed by atoms with Gasteiger partial charge >= 0.3 is 6.09 Å². The monoisotopic (exact) mass is 673 g/mol. The van der Waals surface area contributed by atoms with Crippen molar-refractivity contribution in [2.45, 2.75) is 64.0 Å². The molecule has 6 rings (SSSR count). The van der Waals surface area contributed by atoms with Crippen molar-refractivity contribution in [1.29, 1.82) is 0 Å². The second-order valence-electron chi connectivity index (χ2n) is 13.8. The zero-order valence-corrected chi connectivity index (χ0v) is 28.9. The largest absolute Gasteiger partial charge is 0.482 e. The Morgan fingerprint density at radius 2 is 1.77 bits per heavy atom. The van der Waals surface area contributed by atoms with E-state index in [0.29, 0.717) is 49.0 Å². The van der Waals surface area contributed by atoms with E-state index in [1.54, 1.807) is 16.9 Å². The van der Waals surface area contributed by atoms with Crippen LogP contribution in [0.1, 0.15) is 57.9 Å². The van der Waals surface area contributed by atoms with Crippen LogP contribution in [0.15, 0.2) is 66.7 Å². The second kappa shape index (κ2) is 14.2. The van der Waals surface area contributed by atoms with Gasteiger partial charge in [-0.05, 0) is 99.4 Å². The molecule has 1 aliphatic carbocycles. The molecule has 254 valence electrons. The zero-order valence-electron chi connectivity index (χ0n) is 28.1. The average Bonchev–Trinajstić information content (AvgIpc) is 3.90. The maximum atomic E-state index is 14.9. The summed E-state index contributed by atoms with van der Waals surface area (Å²) in [4.78, 5) is 46.5. The lowest BCUT2D eigenvalue weighted by atomic mass is 9.79. The Balaban J connectivity index is 1.35. The van der Waals surface area contributed by atoms with E-state index >= 15 is 0 Å². The van der Waals surface area contributed by atoms with Gasteiger partial charge in [-0.3, -0.25) is 9.59 Å². The molecule has 9 nitrogen and oxygen atoms in total. The third kappa shape index (κ3) is 7.63. The fraction of sp³-hybridized carbons (Fsp3) is 0.447. The number of likely N-dealkylation sites (tertiary alicyclic amines) is 1. The maximum Gasteiger partial charge on any atom is 0.410 e. The Kier molecular flexibility index (Phi) is 9.99. The lowest BCUT2D eigenvalue weighted by Crippen LogP contribution is -2.51. The van der Waals surface area contributed by atoms with Gasteiger partial charge in [0.15, 0.2) is 6.61 Å². The van der Waals surface area contributed by atoms with Gasteiger partial charge in [0, 0.05) is 50.1 Å². The normalized spacial score (nSPS) is 19.4. The van der Waals surface area contributed by atoms with Crippen molar-refractivity contribution in [3.05, 3.63) is 77.3 Å². The summed E-state index contributed by atoms with van der Waals surface area (Å²) in [7, 11) is 1.64. The molecule has 0 spiro atoms. The number of fused-ring (bicyclic) bond motifs is 1. The van der Waals surface area contributed by atoms with Crippen LogP contribution in [0.25, 0.3) is 11.1 Å². The quantitative estimate of drug-likeness (QED) is 0.222. The van der Waals surface area contributed by atoms with Crippen LogP contribution < -0.4 is 14.5 Å². The highest BCUT2D eigenvalue weighted by Crippen LogP contribution is 2.43. The Labute approximate surface area is 287 Å². The van der Waals surface area contributed by atoms with Crippen LogP contribution in [0, 0.1) is 5.92 Å². The number of ether oxygens (including phenoxy) is 3. The fourth-order valence-electron chi connectivity index (χ4n) is 6.67. The topological polar surface area (TPSA) is 88.6 Å². The van der Waals surface area contributed by atoms with E-state index in [2.05, 4.69) is 18.2 Å². The summed E-state index contributed by atoms with van der Waals surface area (Å²) < 4.78 is 16.8. The predicted molar refractivity (Wildman–Crippen MR) is 187 cm³/mol. The highest BCUT2D eigenvalue weighted by atomic mass is 35.5. The molecule has 0 radical (unpaired) electrons. The Morgan fingerprint density at radius 3 is 2.48 bits per heavy atom. The third-order valence-corrected chi connectivity index (χ3v) is 9.37. The van der Waals surface area contributed by atoms with Crippen LogP contribution in [0.3, 0.4) is 0 Å². The summed E-state index contributed by atoms with van der Waals surface area (Å²) in [6.07, 6.45) is 2.64. The number of nitrogens with zero attached hydrogens (tertiary/aromatic N) is 3. The first-order chi connectivity index (χ1) is 23.0. The summed E-state index contributed by atoms with van der Waals surface area (Å²) >= 11 is 6.16. The molecular weight excluding hydrogens is 630 g/mol. The highest BCUT2D eigenvalue weighted by Gasteiger charge is 2.44. The molecular formula is C38H44ClN3O6. The maximum absolute atomic E-state index is 14.9. The van der Waals surface area contributed by atoms with E-state index in [-0.39, 0.29) is 36.9 Å². The lowest BCUT2D eigenvalue weighted by molar-refractivity contribution is -0.124. The molecule has 3 aliphatic rings. The van der Waals surface area contributed by atoms with E-state index in [4.69, 9.17) is 25.8 Å². The van der Waals surface area contributed by atoms with Crippen molar-refractivity contribution in [1.82, 2.24) is 4.90 Å². The van der Waals surface area contributed by atoms with Gasteiger partial charge in [-0.2, -0.15) is 0 Å². The molecule has 2 unspecified atom stereocenters. The summed E-state index contributed by atoms with van der Waals surface area (Å²) in [5, 5.41) is 0.673. The Hall–Kier alpha value is -4.08. The first kappa shape index (κ1) is 33.8. The van der Waals surface area contributed by atoms with Crippen molar-refractivity contribution in [3.8, 4) is 16.9 Å². The van der Waals surface area contributed by atoms with Gasteiger partial charge in [0.05, 0.1) is 11.6 Å². The molecule has 2 fully saturated rings. The molecule has 48 heavy (non-hydrogen) atoms. The molecule has 0 N–H and O–H groups in total. The van der Waals surface area contributed by atoms with Gasteiger partial charge < -0.3 is 28.9 Å². The molecule has 0 bridgehead atoms. The van der Waals surface area contributed by atoms with Crippen molar-refractivity contribution in [2.75, 3.05) is 49.8 Å². The number of methoxy groups -OCH3 is 1. The van der Waals surface area contributed by atoms with Crippen molar-refractivity contribution >= 4 is 40.9 Å². The number of hydrogen-bond donors (Lipinski definition) is 0. The van der Waals surface area contributed by atoms with Crippen molar-refractivity contribution in [3.63, 3.8) is 0 Å². The van der Waals surface area contributed by atoms with Crippen LogP contribution in [0.4, 0.5) is 16.2 Å². The van der Waals surface area contributed by atoms with Crippen molar-refractivity contribution < 1.29 is 28.6 Å². The van der Waals surface area contributed by atoms with Crippen LogP contribution >= 0.6 is 11.6 Å². The number of piperidine rings is 1. The van der Waals surface area contributed by atoms with Gasteiger partial charge in [0.2, 0.25) is 5.91 Å². The SMILES string of the molecule is COCCCN1C(=O)COc2ccc(N(C(=O)C3CN(C(=O)OC(C)(C)C)CCC3c3cccc(-c4ccc(Cl)cc4)c3)C3CC3)cc21. The second-order valence-corrected chi connectivity index (χ2v) is 14.3. The molecule has 1 saturated heterocycles. The summed E-state index contributed by atoms with van der Waals surface area (Å²) in [6.45, 7) is 7.26. The Bertz CT molecular complexity index is 1650. The van der Waals surface area contributed by atoms with E-state index in [9.17, 15) is 14.4 Å². The summed E-state index contributed by atoms with van der Waals surface area (Å²) in [5.41, 5.74) is 3.85. The molecule has 1 saturated carbocycles. The first-order valence-corrected chi connectivity index (χ1v) is 17.1. The number of amides is 3. The van der Waals surface area contributed by atoms with Gasteiger partial charge in [-0.15, -0.1) is 0 Å². The van der Waals surface area contributed by atoms with Gasteiger partial charge in [0.1, 0.15) is 11.4 Å². The Morgan fingerprint density at radius 1 is 1.00 bits per heavy atom. The van der Waals surface area contributed by atoms with Gasteiger partial charge in [-0.25, -0.2) is 4.79 Å². The minimum absolute atomic E-state index is 0.0239. The van der Waals surface area contributed by atoms with Crippen LogP contribution in [0.2, 0.25) is 5.02 Å². The average molecular weight is 674 g/mol. The molecule has 3 aromatic rings. The fourth-order valence-corrected chi connectivity index (χ4v) is 6.79. The molecule has 2 atom stereocenters. The van der Waals surface area contributed by atoms with Crippen LogP contribution in [-0.4, -0.2) is 74.4 Å².